The molecule has 1 heterocycles. The SMILES string of the molecule is N=C(N)N(CNc1ccc([N+](=O)[O-])cn1)c1ccc(C(N)=O)cc1OCc1ccccc1. The number of rotatable bonds is 9. The second-order valence-corrected chi connectivity index (χ2v) is 6.63. The van der Waals surface area contributed by atoms with Crippen LogP contribution in [0, 0.1) is 15.5 Å². The van der Waals surface area contributed by atoms with Crippen molar-refractivity contribution in [3.05, 3.63) is 88.1 Å². The third-order valence-corrected chi connectivity index (χ3v) is 4.44. The number of hydrogen-bond donors (Lipinski definition) is 4. The van der Waals surface area contributed by atoms with Crippen LogP contribution >= 0.6 is 0 Å². The molecule has 3 rings (SSSR count). The van der Waals surface area contributed by atoms with Gasteiger partial charge in [-0.1, -0.05) is 30.3 Å². The van der Waals surface area contributed by atoms with E-state index in [2.05, 4.69) is 10.3 Å². The number of hydrogen-bond acceptors (Lipinski definition) is 7. The van der Waals surface area contributed by atoms with Gasteiger partial charge in [-0.15, -0.1) is 0 Å². The molecular weight excluding hydrogens is 414 g/mol. The molecule has 0 spiro atoms. The molecule has 0 atom stereocenters. The van der Waals surface area contributed by atoms with E-state index in [1.165, 1.54) is 29.2 Å². The lowest BCUT2D eigenvalue weighted by Crippen LogP contribution is -2.40. The Bertz CT molecular complexity index is 1120. The molecule has 164 valence electrons. The van der Waals surface area contributed by atoms with Gasteiger partial charge in [-0.2, -0.15) is 0 Å². The summed E-state index contributed by atoms with van der Waals surface area (Å²) in [6, 6.07) is 16.7. The largest absolute Gasteiger partial charge is 0.487 e. The first-order chi connectivity index (χ1) is 15.3. The van der Waals surface area contributed by atoms with Gasteiger partial charge in [0.2, 0.25) is 5.91 Å². The van der Waals surface area contributed by atoms with Gasteiger partial charge >= 0.3 is 0 Å². The number of anilines is 2. The Morgan fingerprint density at radius 1 is 1.16 bits per heavy atom. The Hall–Kier alpha value is -4.67. The molecular formula is C21H21N7O4. The van der Waals surface area contributed by atoms with Crippen LogP contribution in [-0.4, -0.2) is 28.4 Å². The number of nitrogens with zero attached hydrogens (tertiary/aromatic N) is 3. The minimum absolute atomic E-state index is 0.0117. The Balaban J connectivity index is 1.84. The molecule has 0 saturated carbocycles. The molecule has 11 heteroatoms. The highest BCUT2D eigenvalue weighted by Gasteiger charge is 2.18. The second kappa shape index (κ2) is 9.89. The van der Waals surface area contributed by atoms with E-state index in [1.807, 2.05) is 30.3 Å². The average Bonchev–Trinajstić information content (AvgIpc) is 2.79. The maximum atomic E-state index is 11.6. The Morgan fingerprint density at radius 3 is 2.50 bits per heavy atom. The summed E-state index contributed by atoms with van der Waals surface area (Å²) in [7, 11) is 0. The van der Waals surface area contributed by atoms with Crippen molar-refractivity contribution in [2.75, 3.05) is 16.9 Å². The standard InChI is InChI=1S/C21H21N7O4/c22-20(29)15-6-8-17(18(10-15)32-12-14-4-2-1-3-5-14)27(21(23)24)13-26-19-9-7-16(11-25-19)28(30)31/h1-11H,12-13H2,(H2,22,29)(H3,23,24)(H,25,26). The van der Waals surface area contributed by atoms with E-state index < -0.39 is 10.8 Å². The van der Waals surface area contributed by atoms with E-state index >= 15 is 0 Å². The van der Waals surface area contributed by atoms with Gasteiger partial charge < -0.3 is 21.5 Å². The number of nitrogens with one attached hydrogen (secondary N) is 2. The van der Waals surface area contributed by atoms with Gasteiger partial charge in [0.05, 0.1) is 17.3 Å². The first kappa shape index (κ1) is 22.0. The van der Waals surface area contributed by atoms with Crippen LogP contribution in [0.3, 0.4) is 0 Å². The molecule has 0 radical (unpaired) electrons. The number of guanidine groups is 1. The molecule has 11 nitrogen and oxygen atoms in total. The predicted octanol–water partition coefficient (Wildman–Crippen LogP) is 2.44. The number of carbonyl (C=O) groups is 1. The number of primary amides is 1. The van der Waals surface area contributed by atoms with E-state index in [-0.39, 0.29) is 30.5 Å². The molecule has 0 saturated heterocycles. The number of aromatic nitrogens is 1. The maximum absolute atomic E-state index is 11.6. The van der Waals surface area contributed by atoms with E-state index in [4.69, 9.17) is 21.6 Å². The maximum Gasteiger partial charge on any atom is 0.287 e. The van der Waals surface area contributed by atoms with Crippen molar-refractivity contribution in [3.63, 3.8) is 0 Å². The quantitative estimate of drug-likeness (QED) is 0.130. The van der Waals surface area contributed by atoms with Crippen molar-refractivity contribution in [3.8, 4) is 5.75 Å². The fourth-order valence-electron chi connectivity index (χ4n) is 2.80. The summed E-state index contributed by atoms with van der Waals surface area (Å²) < 4.78 is 5.92. The highest BCUT2D eigenvalue weighted by atomic mass is 16.6. The summed E-state index contributed by atoms with van der Waals surface area (Å²) in [6.45, 7) is 0.233. The monoisotopic (exact) mass is 435 g/mol. The lowest BCUT2D eigenvalue weighted by atomic mass is 10.1. The lowest BCUT2D eigenvalue weighted by Gasteiger charge is -2.26. The van der Waals surface area contributed by atoms with Gasteiger partial charge in [0, 0.05) is 11.6 Å². The molecule has 0 aliphatic heterocycles. The third-order valence-electron chi connectivity index (χ3n) is 4.44. The molecule has 32 heavy (non-hydrogen) atoms. The van der Waals surface area contributed by atoms with Crippen molar-refractivity contribution in [2.45, 2.75) is 6.61 Å². The summed E-state index contributed by atoms with van der Waals surface area (Å²) in [5.74, 6) is -0.263. The topological polar surface area (TPSA) is 173 Å². The minimum Gasteiger partial charge on any atom is -0.487 e. The molecule has 0 bridgehead atoms. The number of ether oxygens (including phenoxy) is 1. The Kier molecular flexibility index (Phi) is 6.81. The van der Waals surface area contributed by atoms with Crippen molar-refractivity contribution >= 4 is 29.1 Å². The first-order valence-electron chi connectivity index (χ1n) is 9.41. The van der Waals surface area contributed by atoms with Crippen LogP contribution < -0.4 is 26.4 Å². The smallest absolute Gasteiger partial charge is 0.287 e. The molecule has 0 unspecified atom stereocenters. The molecule has 1 amide bonds. The van der Waals surface area contributed by atoms with Gasteiger partial charge in [-0.25, -0.2) is 4.98 Å². The Labute approximate surface area is 183 Å². The van der Waals surface area contributed by atoms with Gasteiger partial charge in [0.25, 0.3) is 5.69 Å². The molecule has 0 fully saturated rings. The fourth-order valence-corrected chi connectivity index (χ4v) is 2.80. The van der Waals surface area contributed by atoms with Crippen LogP contribution in [0.15, 0.2) is 66.9 Å². The van der Waals surface area contributed by atoms with Crippen LogP contribution in [0.25, 0.3) is 0 Å². The summed E-state index contributed by atoms with van der Waals surface area (Å²) in [5.41, 5.74) is 12.6. The van der Waals surface area contributed by atoms with E-state index in [0.29, 0.717) is 17.3 Å². The lowest BCUT2D eigenvalue weighted by molar-refractivity contribution is -0.385. The van der Waals surface area contributed by atoms with Crippen molar-refractivity contribution < 1.29 is 14.5 Å². The van der Waals surface area contributed by atoms with Crippen molar-refractivity contribution in [1.82, 2.24) is 4.98 Å². The normalized spacial score (nSPS) is 10.2. The van der Waals surface area contributed by atoms with Crippen LogP contribution in [-0.2, 0) is 6.61 Å². The van der Waals surface area contributed by atoms with Crippen LogP contribution in [0.4, 0.5) is 17.2 Å². The number of amides is 1. The van der Waals surface area contributed by atoms with Gasteiger partial charge in [0.1, 0.15) is 24.4 Å². The summed E-state index contributed by atoms with van der Waals surface area (Å²) >= 11 is 0. The number of benzene rings is 2. The van der Waals surface area contributed by atoms with Crippen LogP contribution in [0.5, 0.6) is 5.75 Å². The molecule has 1 aromatic heterocycles. The van der Waals surface area contributed by atoms with Crippen molar-refractivity contribution in [2.24, 2.45) is 11.5 Å². The molecule has 3 aromatic rings. The zero-order valence-corrected chi connectivity index (χ0v) is 16.9. The van der Waals surface area contributed by atoms with Crippen LogP contribution in [0.2, 0.25) is 0 Å². The highest BCUT2D eigenvalue weighted by molar-refractivity contribution is 5.97. The van der Waals surface area contributed by atoms with E-state index in [1.54, 1.807) is 6.07 Å². The fraction of sp³-hybridized carbons (Fsp3) is 0.0952. The summed E-state index contributed by atoms with van der Waals surface area (Å²) in [5, 5.41) is 21.7. The number of nitro groups is 1. The average molecular weight is 435 g/mol. The summed E-state index contributed by atoms with van der Waals surface area (Å²) in [4.78, 5) is 27.2. The molecule has 6 N–H and O–H groups in total. The zero-order chi connectivity index (χ0) is 23.1. The molecule has 0 aliphatic carbocycles. The Morgan fingerprint density at radius 2 is 1.91 bits per heavy atom. The second-order valence-electron chi connectivity index (χ2n) is 6.63. The highest BCUT2D eigenvalue weighted by Crippen LogP contribution is 2.30. The van der Waals surface area contributed by atoms with E-state index in [9.17, 15) is 14.9 Å². The van der Waals surface area contributed by atoms with E-state index in [0.717, 1.165) is 11.8 Å². The van der Waals surface area contributed by atoms with Gasteiger partial charge in [-0.05, 0) is 29.8 Å². The number of pyridine rings is 1. The molecule has 2 aromatic carbocycles. The predicted molar refractivity (Wildman–Crippen MR) is 120 cm³/mol. The van der Waals surface area contributed by atoms with Gasteiger partial charge in [-0.3, -0.25) is 25.2 Å². The summed E-state index contributed by atoms with van der Waals surface area (Å²) in [6.07, 6.45) is 1.12. The first-order valence-corrected chi connectivity index (χ1v) is 9.41. The third kappa shape index (κ3) is 5.48. The minimum atomic E-state index is -0.622. The van der Waals surface area contributed by atoms with Crippen molar-refractivity contribution in [1.29, 1.82) is 5.41 Å². The number of nitrogens with two attached hydrogens (primary N) is 2. The molecule has 0 aliphatic rings. The zero-order valence-electron chi connectivity index (χ0n) is 16.9. The van der Waals surface area contributed by atoms with Crippen LogP contribution in [0.1, 0.15) is 15.9 Å². The number of carbonyl (C=O) groups excluding carboxylic acids is 1. The van der Waals surface area contributed by atoms with Gasteiger partial charge in [0.15, 0.2) is 5.96 Å².